The van der Waals surface area contributed by atoms with E-state index in [-0.39, 0.29) is 29.3 Å². The first-order chi connectivity index (χ1) is 20.1. The molecule has 1 unspecified atom stereocenters. The Morgan fingerprint density at radius 2 is 1.81 bits per heavy atom. The van der Waals surface area contributed by atoms with Crippen molar-refractivity contribution < 1.29 is 41.8 Å². The lowest BCUT2D eigenvalue weighted by Crippen LogP contribution is -2.52. The number of halogens is 3. The van der Waals surface area contributed by atoms with Crippen LogP contribution in [0.1, 0.15) is 38.0 Å². The molecule has 0 saturated heterocycles. The third-order valence-electron chi connectivity index (χ3n) is 6.75. The summed E-state index contributed by atoms with van der Waals surface area (Å²) in [7, 11) is 0. The number of carbonyl (C=O) groups excluding carboxylic acids is 1. The van der Waals surface area contributed by atoms with E-state index < -0.39 is 53.5 Å². The molecule has 1 N–H and O–H groups in total. The van der Waals surface area contributed by atoms with Crippen LogP contribution in [0.2, 0.25) is 0 Å². The topological polar surface area (TPSA) is 143 Å². The highest BCUT2D eigenvalue weighted by atomic mass is 32.1. The number of benzene rings is 1. The molecular weight excluding hydrogens is 595 g/mol. The van der Waals surface area contributed by atoms with Gasteiger partial charge in [0.1, 0.15) is 22.7 Å². The fraction of sp³-hybridized carbons (Fsp3) is 0.393. The van der Waals surface area contributed by atoms with Crippen molar-refractivity contribution in [1.29, 1.82) is 0 Å². The van der Waals surface area contributed by atoms with Crippen molar-refractivity contribution in [2.24, 2.45) is 5.92 Å². The highest BCUT2D eigenvalue weighted by molar-refractivity contribution is 7.22. The predicted molar refractivity (Wildman–Crippen MR) is 149 cm³/mol. The number of aliphatic carboxylic acids is 1. The standard InChI is InChI=1S/C28H28F3N3O8S/c1-15(14-42-25(38)28(29,30)31)13-41-18(17-8-6-5-7-9-17)12-33-23-19(16(2)20(43-23)21-32-10-11-40-21)22(35)34(26(33)39)27(3,4)24(36)37/h5-11,15,18H,12-14H2,1-4H3,(H,36,37)/t15?,18-/m0/s1. The Morgan fingerprint density at radius 1 is 1.14 bits per heavy atom. The van der Waals surface area contributed by atoms with Crippen LogP contribution in [0.15, 0.2) is 56.8 Å². The van der Waals surface area contributed by atoms with Crippen molar-refractivity contribution in [1.82, 2.24) is 14.1 Å². The zero-order valence-electron chi connectivity index (χ0n) is 23.5. The van der Waals surface area contributed by atoms with Crippen LogP contribution in [0.3, 0.4) is 0 Å². The zero-order valence-corrected chi connectivity index (χ0v) is 24.3. The number of carboxylic acids is 1. The molecule has 4 aromatic rings. The quantitative estimate of drug-likeness (QED) is 0.239. The summed E-state index contributed by atoms with van der Waals surface area (Å²) < 4.78 is 55.4. The van der Waals surface area contributed by atoms with E-state index >= 15 is 0 Å². The molecule has 4 rings (SSSR count). The second-order valence-electron chi connectivity index (χ2n) is 10.4. The second kappa shape index (κ2) is 12.2. The summed E-state index contributed by atoms with van der Waals surface area (Å²) in [6.45, 7) is 4.72. The Hall–Kier alpha value is -4.24. The molecule has 0 aliphatic rings. The maximum absolute atomic E-state index is 13.9. The summed E-state index contributed by atoms with van der Waals surface area (Å²) in [5.74, 6) is -4.17. The molecule has 230 valence electrons. The van der Waals surface area contributed by atoms with Crippen LogP contribution in [0.4, 0.5) is 13.2 Å². The number of aromatic nitrogens is 3. The Labute approximate surface area is 246 Å². The highest BCUT2D eigenvalue weighted by Crippen LogP contribution is 2.36. The molecular formula is C28H28F3N3O8S. The number of rotatable bonds is 11. The van der Waals surface area contributed by atoms with Crippen LogP contribution in [-0.2, 0) is 31.1 Å². The van der Waals surface area contributed by atoms with Gasteiger partial charge in [-0.25, -0.2) is 23.9 Å². The van der Waals surface area contributed by atoms with Gasteiger partial charge in [-0.1, -0.05) is 37.3 Å². The predicted octanol–water partition coefficient (Wildman–Crippen LogP) is 4.51. The Kier molecular flexibility index (Phi) is 8.97. The molecule has 1 aromatic carbocycles. The van der Waals surface area contributed by atoms with Crippen molar-refractivity contribution >= 4 is 33.5 Å². The van der Waals surface area contributed by atoms with E-state index in [9.17, 15) is 37.5 Å². The van der Waals surface area contributed by atoms with Crippen LogP contribution >= 0.6 is 11.3 Å². The molecule has 0 fully saturated rings. The minimum atomic E-state index is -5.13. The van der Waals surface area contributed by atoms with Gasteiger partial charge in [0.05, 0.1) is 36.2 Å². The number of aryl methyl sites for hydroxylation is 1. The van der Waals surface area contributed by atoms with E-state index in [0.717, 1.165) is 11.3 Å². The molecule has 0 aliphatic carbocycles. The average molecular weight is 624 g/mol. The summed E-state index contributed by atoms with van der Waals surface area (Å²) in [5.41, 5.74) is -2.59. The van der Waals surface area contributed by atoms with Crippen molar-refractivity contribution in [3.05, 3.63) is 74.8 Å². The highest BCUT2D eigenvalue weighted by Gasteiger charge is 2.41. The smallest absolute Gasteiger partial charge is 0.480 e. The van der Waals surface area contributed by atoms with E-state index in [1.54, 1.807) is 37.3 Å². The van der Waals surface area contributed by atoms with Crippen molar-refractivity contribution in [2.75, 3.05) is 13.2 Å². The minimum Gasteiger partial charge on any atom is -0.480 e. The normalized spacial score (nSPS) is 13.7. The van der Waals surface area contributed by atoms with Crippen molar-refractivity contribution in [3.8, 4) is 10.8 Å². The number of esters is 1. The number of thiophene rings is 1. The Morgan fingerprint density at radius 3 is 2.40 bits per heavy atom. The fourth-order valence-electron chi connectivity index (χ4n) is 4.35. The molecule has 0 amide bonds. The van der Waals surface area contributed by atoms with Gasteiger partial charge in [0, 0.05) is 5.92 Å². The molecule has 15 heteroatoms. The summed E-state index contributed by atoms with van der Waals surface area (Å²) >= 11 is 1.07. The van der Waals surface area contributed by atoms with Crippen LogP contribution < -0.4 is 11.2 Å². The van der Waals surface area contributed by atoms with Crippen LogP contribution in [0.25, 0.3) is 21.0 Å². The fourth-order valence-corrected chi connectivity index (χ4v) is 5.59. The summed E-state index contributed by atoms with van der Waals surface area (Å²) in [5, 5.41) is 10.0. The number of fused-ring (bicyclic) bond motifs is 1. The Bertz CT molecular complexity index is 1740. The average Bonchev–Trinajstić information content (AvgIpc) is 3.59. The molecule has 0 saturated carbocycles. The number of carbonyl (C=O) groups is 2. The second-order valence-corrected chi connectivity index (χ2v) is 11.4. The van der Waals surface area contributed by atoms with Gasteiger partial charge in [0.25, 0.3) is 5.56 Å². The first-order valence-electron chi connectivity index (χ1n) is 13.0. The number of ether oxygens (including phenoxy) is 2. The number of carboxylic acid groups (broad SMARTS) is 1. The SMILES string of the molecule is Cc1c(-c2ncco2)sc2c1c(=O)n(C(C)(C)C(=O)O)c(=O)n2C[C@H](OCC(C)COC(=O)C(F)(F)F)c1ccccc1. The number of hydrogen-bond donors (Lipinski definition) is 1. The van der Waals surface area contributed by atoms with E-state index in [1.165, 1.54) is 37.8 Å². The lowest BCUT2D eigenvalue weighted by molar-refractivity contribution is -0.201. The van der Waals surface area contributed by atoms with Crippen molar-refractivity contribution in [2.45, 2.75) is 52.1 Å². The van der Waals surface area contributed by atoms with Gasteiger partial charge in [-0.3, -0.25) is 9.36 Å². The van der Waals surface area contributed by atoms with Gasteiger partial charge < -0.3 is 19.0 Å². The monoisotopic (exact) mass is 623 g/mol. The molecule has 0 aliphatic heterocycles. The van der Waals surface area contributed by atoms with E-state index in [0.29, 0.717) is 20.6 Å². The van der Waals surface area contributed by atoms with E-state index in [4.69, 9.17) is 9.15 Å². The number of hydrogen-bond acceptors (Lipinski definition) is 9. The molecule has 0 spiro atoms. The molecule has 11 nitrogen and oxygen atoms in total. The van der Waals surface area contributed by atoms with Crippen molar-refractivity contribution in [3.63, 3.8) is 0 Å². The number of alkyl halides is 3. The van der Waals surface area contributed by atoms with Gasteiger partial charge in [-0.05, 0) is 31.9 Å². The molecule has 2 atom stereocenters. The molecule has 0 radical (unpaired) electrons. The molecule has 0 bridgehead atoms. The summed E-state index contributed by atoms with van der Waals surface area (Å²) in [6, 6.07) is 8.64. The van der Waals surface area contributed by atoms with Gasteiger partial charge >= 0.3 is 23.8 Å². The summed E-state index contributed by atoms with van der Waals surface area (Å²) in [6.07, 6.45) is -3.24. The minimum absolute atomic E-state index is 0.103. The van der Waals surface area contributed by atoms with Crippen LogP contribution in [0, 0.1) is 12.8 Å². The third kappa shape index (κ3) is 6.41. The van der Waals surface area contributed by atoms with Gasteiger partial charge in [-0.15, -0.1) is 11.3 Å². The first kappa shape index (κ1) is 31.7. The first-order valence-corrected chi connectivity index (χ1v) is 13.8. The third-order valence-corrected chi connectivity index (χ3v) is 8.06. The van der Waals surface area contributed by atoms with E-state index in [2.05, 4.69) is 9.72 Å². The van der Waals surface area contributed by atoms with Gasteiger partial charge in [0.2, 0.25) is 5.89 Å². The maximum Gasteiger partial charge on any atom is 0.490 e. The lowest BCUT2D eigenvalue weighted by atomic mass is 10.1. The van der Waals surface area contributed by atoms with Crippen LogP contribution in [-0.4, -0.2) is 50.6 Å². The lowest BCUT2D eigenvalue weighted by Gasteiger charge is -2.26. The molecule has 43 heavy (non-hydrogen) atoms. The van der Waals surface area contributed by atoms with Crippen LogP contribution in [0.5, 0.6) is 0 Å². The maximum atomic E-state index is 13.9. The van der Waals surface area contributed by atoms with Gasteiger partial charge in [0.15, 0.2) is 0 Å². The number of nitrogens with zero attached hydrogens (tertiary/aromatic N) is 3. The summed E-state index contributed by atoms with van der Waals surface area (Å²) in [4.78, 5) is 55.8. The zero-order chi connectivity index (χ0) is 31.7. The molecule has 3 aromatic heterocycles. The largest absolute Gasteiger partial charge is 0.490 e. The van der Waals surface area contributed by atoms with Gasteiger partial charge in [-0.2, -0.15) is 13.2 Å². The molecule has 3 heterocycles. The van der Waals surface area contributed by atoms with E-state index in [1.807, 2.05) is 0 Å². The Balaban J connectivity index is 1.81. The number of oxazole rings is 1.